The second kappa shape index (κ2) is 25.9. The molecule has 22 rings (SSSR count). The molecule has 0 unspecified atom stereocenters. The van der Waals surface area contributed by atoms with Gasteiger partial charge < -0.3 is 14.5 Å². The molecule has 18 aromatic rings. The summed E-state index contributed by atoms with van der Waals surface area (Å²) in [7, 11) is 0. The van der Waals surface area contributed by atoms with E-state index in [4.69, 9.17) is 4.74 Å². The second-order valence-corrected chi connectivity index (χ2v) is 28.9. The number of fused-ring (bicyclic) bond motifs is 21. The van der Waals surface area contributed by atoms with Crippen LogP contribution in [0.4, 0.5) is 34.1 Å². The molecule has 1 heterocycles. The number of para-hydroxylation sites is 4. The molecule has 0 bridgehead atoms. The van der Waals surface area contributed by atoms with E-state index < -0.39 is 5.41 Å². The van der Waals surface area contributed by atoms with Gasteiger partial charge in [0.15, 0.2) is 0 Å². The fourth-order valence-corrected chi connectivity index (χ4v) is 18.5. The van der Waals surface area contributed by atoms with Gasteiger partial charge in [0.1, 0.15) is 11.5 Å². The molecule has 18 aromatic carbocycles. The third kappa shape index (κ3) is 10.1. The second-order valence-electron chi connectivity index (χ2n) is 28.9. The highest BCUT2D eigenvalue weighted by Gasteiger charge is 2.53. The molecular weight excluding hydrogens is 1320 g/mol. The Bertz CT molecular complexity index is 6480. The van der Waals surface area contributed by atoms with Crippen molar-refractivity contribution in [2.75, 3.05) is 9.80 Å². The van der Waals surface area contributed by atoms with Gasteiger partial charge in [-0.15, -0.1) is 0 Å². The number of hydrogen-bond acceptors (Lipinski definition) is 3. The largest absolute Gasteiger partial charge is 0.457 e. The molecule has 0 fully saturated rings. The molecule has 0 amide bonds. The molecule has 1 aliphatic heterocycles. The first-order valence-electron chi connectivity index (χ1n) is 37.7. The van der Waals surface area contributed by atoms with Crippen molar-refractivity contribution in [3.8, 4) is 89.4 Å². The van der Waals surface area contributed by atoms with E-state index in [0.29, 0.717) is 0 Å². The van der Waals surface area contributed by atoms with Crippen LogP contribution in [0.5, 0.6) is 11.5 Å². The Morgan fingerprint density at radius 1 is 0.165 bits per heavy atom. The van der Waals surface area contributed by atoms with Crippen LogP contribution in [0.25, 0.3) is 99.4 Å². The van der Waals surface area contributed by atoms with E-state index in [1.54, 1.807) is 0 Å². The molecule has 0 atom stereocenters. The Morgan fingerprint density at radius 2 is 0.450 bits per heavy atom. The summed E-state index contributed by atoms with van der Waals surface area (Å²) in [5.41, 5.74) is 33.7. The third-order valence-corrected chi connectivity index (χ3v) is 23.2. The highest BCUT2D eigenvalue weighted by molar-refractivity contribution is 6.02. The summed E-state index contributed by atoms with van der Waals surface area (Å²) in [6.07, 6.45) is 0. The molecule has 4 aliphatic rings. The Labute approximate surface area is 635 Å². The molecule has 3 heteroatoms. The van der Waals surface area contributed by atoms with Crippen molar-refractivity contribution in [1.29, 1.82) is 0 Å². The van der Waals surface area contributed by atoms with Crippen LogP contribution in [-0.2, 0) is 10.8 Å². The normalized spacial score (nSPS) is 13.0. The minimum atomic E-state index is -0.492. The number of rotatable bonds is 10. The van der Waals surface area contributed by atoms with Crippen LogP contribution < -0.4 is 14.5 Å². The number of hydrogen-bond donors (Lipinski definition) is 0. The average molecular weight is 1390 g/mol. The molecule has 3 aliphatic carbocycles. The van der Waals surface area contributed by atoms with E-state index >= 15 is 0 Å². The van der Waals surface area contributed by atoms with Crippen LogP contribution in [0.1, 0.15) is 44.5 Å². The summed E-state index contributed by atoms with van der Waals surface area (Å²) < 4.78 is 6.55. The monoisotopic (exact) mass is 1390 g/mol. The topological polar surface area (TPSA) is 15.7 Å². The Balaban J connectivity index is 0.000000139. The maximum Gasteiger partial charge on any atom is 0.132 e. The minimum absolute atomic E-state index is 0.351. The Kier molecular flexibility index (Phi) is 15.0. The molecule has 510 valence electrons. The number of benzene rings is 18. The predicted molar refractivity (Wildman–Crippen MR) is 453 cm³/mol. The number of ether oxygens (including phenoxy) is 1. The lowest BCUT2D eigenvalue weighted by Gasteiger charge is -2.39. The van der Waals surface area contributed by atoms with Gasteiger partial charge in [-0.05, 0) is 230 Å². The van der Waals surface area contributed by atoms with Gasteiger partial charge in [-0.2, -0.15) is 0 Å². The van der Waals surface area contributed by atoms with Crippen molar-refractivity contribution in [1.82, 2.24) is 0 Å². The van der Waals surface area contributed by atoms with Crippen LogP contribution in [0.2, 0.25) is 0 Å². The molecule has 0 aromatic heterocycles. The first-order valence-corrected chi connectivity index (χ1v) is 37.7. The highest BCUT2D eigenvalue weighted by atomic mass is 16.5. The lowest BCUT2D eigenvalue weighted by molar-refractivity contribution is 0.436. The van der Waals surface area contributed by atoms with E-state index in [-0.39, 0.29) is 5.41 Å². The van der Waals surface area contributed by atoms with Gasteiger partial charge >= 0.3 is 0 Å². The van der Waals surface area contributed by atoms with E-state index in [9.17, 15) is 0 Å². The SMILES string of the molecule is c1ccc(-c2ccc3cccc(-c4ccc(N(c5ccccc5)c5ccc6c(c5)-c5ccccc5C65c6ccccc6-c6ccccc65)cc4)c3c2)cc1.c1ccc(-c2ccc3cccc(-c4ccc(N(c5ccccc5)c5ccc6c(c5)-c5ccccc5C65c6ccccc6Oc6ccccc65)cc4)c3c2)cc1. The molecule has 0 saturated carbocycles. The summed E-state index contributed by atoms with van der Waals surface area (Å²) in [5, 5.41) is 4.98. The third-order valence-electron chi connectivity index (χ3n) is 23.2. The van der Waals surface area contributed by atoms with Crippen LogP contribution in [0.15, 0.2) is 425 Å². The number of anilines is 6. The average Bonchev–Trinajstić information content (AvgIpc) is 1.53. The molecule has 0 radical (unpaired) electrons. The lowest BCUT2D eigenvalue weighted by Crippen LogP contribution is -2.32. The van der Waals surface area contributed by atoms with Crippen LogP contribution in [-0.4, -0.2) is 0 Å². The molecule has 109 heavy (non-hydrogen) atoms. The smallest absolute Gasteiger partial charge is 0.132 e. The van der Waals surface area contributed by atoms with E-state index in [1.165, 1.54) is 144 Å². The van der Waals surface area contributed by atoms with Crippen molar-refractivity contribution in [3.05, 3.63) is 469 Å². The van der Waals surface area contributed by atoms with Crippen LogP contribution >= 0.6 is 0 Å². The van der Waals surface area contributed by atoms with Gasteiger partial charge in [0.25, 0.3) is 0 Å². The van der Waals surface area contributed by atoms with Crippen molar-refractivity contribution in [2.24, 2.45) is 0 Å². The van der Waals surface area contributed by atoms with Crippen molar-refractivity contribution < 1.29 is 4.74 Å². The zero-order chi connectivity index (χ0) is 72.0. The van der Waals surface area contributed by atoms with E-state index in [1.807, 2.05) is 0 Å². The lowest BCUT2D eigenvalue weighted by atomic mass is 9.66. The van der Waals surface area contributed by atoms with E-state index in [2.05, 4.69) is 434 Å². The summed E-state index contributed by atoms with van der Waals surface area (Å²) >= 11 is 0. The van der Waals surface area contributed by atoms with Crippen molar-refractivity contribution in [3.63, 3.8) is 0 Å². The van der Waals surface area contributed by atoms with Crippen molar-refractivity contribution in [2.45, 2.75) is 10.8 Å². The predicted octanol–water partition coefficient (Wildman–Crippen LogP) is 28.1. The van der Waals surface area contributed by atoms with Gasteiger partial charge in [0.05, 0.1) is 10.8 Å². The molecule has 3 nitrogen and oxygen atoms in total. The Morgan fingerprint density at radius 3 is 0.844 bits per heavy atom. The van der Waals surface area contributed by atoms with Gasteiger partial charge in [0.2, 0.25) is 0 Å². The van der Waals surface area contributed by atoms with Gasteiger partial charge in [-0.25, -0.2) is 0 Å². The maximum absolute atomic E-state index is 6.55. The first-order chi connectivity index (χ1) is 54.1. The zero-order valence-electron chi connectivity index (χ0n) is 59.7. The quantitative estimate of drug-likeness (QED) is 0.136. The zero-order valence-corrected chi connectivity index (χ0v) is 59.7. The first kappa shape index (κ1) is 63.4. The standard InChI is InChI=1S/C53H35NO.C53H35N/c1-3-14-36(15-4-1)39-27-26-37-16-13-20-43(45(37)34-39)38-28-30-41(31-29-38)54(40-17-5-2-6-18-40)42-32-33-48-46(35-42)44-19-7-8-21-47(44)53(48)49-22-9-11-24-51(49)55-52-25-12-10-23-50(52)53;1-3-14-36(15-4-1)39-27-26-37-16-13-22-43(47(37)34-39)38-28-30-41(31-29-38)54(40-17-5-2-6-18-40)42-32-33-52-48(35-42)46-21-9-12-25-51(46)53(52)49-23-10-7-19-44(49)45-20-8-11-24-50(45)53/h1-35H;1-35H. The fraction of sp³-hybridized carbons (Fsp3) is 0.0189. The van der Waals surface area contributed by atoms with Crippen LogP contribution in [0, 0.1) is 0 Å². The van der Waals surface area contributed by atoms with Gasteiger partial charge in [-0.1, -0.05) is 328 Å². The molecule has 0 N–H and O–H groups in total. The maximum atomic E-state index is 6.55. The van der Waals surface area contributed by atoms with Gasteiger partial charge in [0, 0.05) is 45.3 Å². The van der Waals surface area contributed by atoms with Crippen molar-refractivity contribution >= 4 is 55.7 Å². The summed E-state index contributed by atoms with van der Waals surface area (Å²) in [6, 6.07) is 155. The van der Waals surface area contributed by atoms with E-state index in [0.717, 1.165) is 45.6 Å². The molecular formula is C106H70N2O. The van der Waals surface area contributed by atoms with Crippen LogP contribution in [0.3, 0.4) is 0 Å². The highest BCUT2D eigenvalue weighted by Crippen LogP contribution is 2.65. The van der Waals surface area contributed by atoms with Gasteiger partial charge in [-0.3, -0.25) is 0 Å². The minimum Gasteiger partial charge on any atom is -0.457 e. The fourth-order valence-electron chi connectivity index (χ4n) is 18.5. The summed E-state index contributed by atoms with van der Waals surface area (Å²) in [5.74, 6) is 1.81. The summed E-state index contributed by atoms with van der Waals surface area (Å²) in [4.78, 5) is 4.77. The molecule has 0 saturated heterocycles. The molecule has 2 spiro atoms. The summed E-state index contributed by atoms with van der Waals surface area (Å²) in [6.45, 7) is 0. The number of nitrogens with zero attached hydrogens (tertiary/aromatic N) is 2. The Hall–Kier alpha value is -14.1.